The van der Waals surface area contributed by atoms with Gasteiger partial charge in [-0.05, 0) is 18.2 Å². The van der Waals surface area contributed by atoms with Crippen molar-refractivity contribution in [2.24, 2.45) is 7.05 Å². The van der Waals surface area contributed by atoms with Crippen LogP contribution in [0, 0.1) is 11.3 Å². The minimum Gasteiger partial charge on any atom is -0.357 e. The number of carbonyl (C=O) groups is 2. The van der Waals surface area contributed by atoms with Crippen LogP contribution < -0.4 is 10.2 Å². The molecule has 0 saturated carbocycles. The van der Waals surface area contributed by atoms with Crippen LogP contribution in [0.15, 0.2) is 30.7 Å². The number of piperazine rings is 1. The van der Waals surface area contributed by atoms with Gasteiger partial charge in [-0.25, -0.2) is 4.98 Å². The molecule has 0 radical (unpaired) electrons. The molecule has 3 rings (SSSR count). The molecule has 0 aliphatic carbocycles. The third-order valence-electron chi connectivity index (χ3n) is 4.90. The van der Waals surface area contributed by atoms with Gasteiger partial charge in [0.2, 0.25) is 5.91 Å². The lowest BCUT2D eigenvalue weighted by atomic mass is 10.0. The summed E-state index contributed by atoms with van der Waals surface area (Å²) < 4.78 is 41.7. The highest BCUT2D eigenvalue weighted by Gasteiger charge is 2.38. The van der Waals surface area contributed by atoms with Gasteiger partial charge in [-0.15, -0.1) is 0 Å². The number of imidazole rings is 1. The molecule has 1 N–H and O–H groups in total. The molecule has 1 aromatic carbocycles. The molecule has 158 valence electrons. The molecule has 2 heterocycles. The molecule has 1 aliphatic heterocycles. The fraction of sp³-hybridized carbons (Fsp3) is 0.368. The van der Waals surface area contributed by atoms with Crippen molar-refractivity contribution in [1.29, 1.82) is 5.26 Å². The second-order valence-corrected chi connectivity index (χ2v) is 6.84. The first-order valence-electron chi connectivity index (χ1n) is 9.02. The molecule has 2 amide bonds. The van der Waals surface area contributed by atoms with Gasteiger partial charge in [0.25, 0.3) is 5.91 Å². The minimum absolute atomic E-state index is 0.0174. The first-order chi connectivity index (χ1) is 14.2. The van der Waals surface area contributed by atoms with E-state index >= 15 is 0 Å². The van der Waals surface area contributed by atoms with E-state index in [-0.39, 0.29) is 36.9 Å². The van der Waals surface area contributed by atoms with Crippen LogP contribution in [0.4, 0.5) is 18.9 Å². The number of rotatable bonds is 3. The lowest BCUT2D eigenvalue weighted by molar-refractivity contribution is -0.137. The van der Waals surface area contributed by atoms with E-state index in [9.17, 15) is 22.8 Å². The average Bonchev–Trinajstić information content (AvgIpc) is 3.17. The van der Waals surface area contributed by atoms with E-state index in [1.165, 1.54) is 35.3 Å². The zero-order valence-electron chi connectivity index (χ0n) is 16.3. The van der Waals surface area contributed by atoms with Crippen molar-refractivity contribution >= 4 is 17.5 Å². The highest BCUT2D eigenvalue weighted by molar-refractivity contribution is 5.93. The van der Waals surface area contributed by atoms with Crippen molar-refractivity contribution in [3.8, 4) is 6.07 Å². The van der Waals surface area contributed by atoms with Gasteiger partial charge in [-0.1, -0.05) is 0 Å². The minimum atomic E-state index is -4.71. The quantitative estimate of drug-likeness (QED) is 0.810. The predicted octanol–water partition coefficient (Wildman–Crippen LogP) is 1.39. The van der Waals surface area contributed by atoms with Crippen LogP contribution in [0.5, 0.6) is 0 Å². The van der Waals surface area contributed by atoms with Crippen LogP contribution in [0.2, 0.25) is 0 Å². The molecular formula is C19H19F3N6O2. The van der Waals surface area contributed by atoms with Crippen LogP contribution in [0.1, 0.15) is 21.6 Å². The zero-order chi connectivity index (χ0) is 22.1. The Kier molecular flexibility index (Phi) is 5.69. The van der Waals surface area contributed by atoms with E-state index in [0.717, 1.165) is 12.1 Å². The number of nitriles is 1. The summed E-state index contributed by atoms with van der Waals surface area (Å²) in [6.07, 6.45) is -1.67. The molecule has 1 saturated heterocycles. The van der Waals surface area contributed by atoms with Crippen LogP contribution in [0.3, 0.4) is 0 Å². The SMILES string of the molecule is CNC(=O)C1CN(C(=O)c2cn(C)cn2)CCN1c1ccc(C#N)c(C(F)(F)F)c1. The summed E-state index contributed by atoms with van der Waals surface area (Å²) in [5.41, 5.74) is -1.18. The number of hydrogen-bond donors (Lipinski definition) is 1. The molecule has 0 bridgehead atoms. The van der Waals surface area contributed by atoms with E-state index in [1.807, 2.05) is 0 Å². The number of likely N-dealkylation sites (N-methyl/N-ethyl adjacent to an activating group) is 1. The molecule has 1 unspecified atom stereocenters. The van der Waals surface area contributed by atoms with Gasteiger partial charge in [0.1, 0.15) is 11.7 Å². The van der Waals surface area contributed by atoms with Gasteiger partial charge in [0, 0.05) is 39.1 Å². The molecule has 1 aromatic heterocycles. The maximum absolute atomic E-state index is 13.4. The van der Waals surface area contributed by atoms with Crippen molar-refractivity contribution in [2.45, 2.75) is 12.2 Å². The standard InChI is InChI=1S/C19H19F3N6O2/c1-24-17(29)16-10-27(18(30)15-9-26(2)11-25-15)5-6-28(16)13-4-3-12(8-23)14(7-13)19(20,21)22/h3-4,7,9,11,16H,5-6,10H2,1-2H3,(H,24,29). The molecule has 1 fully saturated rings. The highest BCUT2D eigenvalue weighted by atomic mass is 19.4. The molecule has 0 spiro atoms. The molecule has 1 atom stereocenters. The molecule has 8 nitrogen and oxygen atoms in total. The largest absolute Gasteiger partial charge is 0.417 e. The number of benzene rings is 1. The summed E-state index contributed by atoms with van der Waals surface area (Å²) in [4.78, 5) is 32.2. The number of anilines is 1. The van der Waals surface area contributed by atoms with Crippen LogP contribution in [-0.4, -0.2) is 59.0 Å². The average molecular weight is 420 g/mol. The van der Waals surface area contributed by atoms with Crippen molar-refractivity contribution in [3.05, 3.63) is 47.5 Å². The van der Waals surface area contributed by atoms with Crippen LogP contribution in [0.25, 0.3) is 0 Å². The smallest absolute Gasteiger partial charge is 0.357 e. The summed E-state index contributed by atoms with van der Waals surface area (Å²) in [7, 11) is 3.14. The summed E-state index contributed by atoms with van der Waals surface area (Å²) in [5.74, 6) is -0.800. The highest BCUT2D eigenvalue weighted by Crippen LogP contribution is 2.35. The molecular weight excluding hydrogens is 401 g/mol. The number of aryl methyl sites for hydroxylation is 1. The predicted molar refractivity (Wildman–Crippen MR) is 100 cm³/mol. The summed E-state index contributed by atoms with van der Waals surface area (Å²) >= 11 is 0. The Bertz CT molecular complexity index is 1010. The summed E-state index contributed by atoms with van der Waals surface area (Å²) in [6, 6.07) is 3.97. The Morgan fingerprint density at radius 2 is 2.03 bits per heavy atom. The normalized spacial score (nSPS) is 16.9. The fourth-order valence-electron chi connectivity index (χ4n) is 3.40. The van der Waals surface area contributed by atoms with Crippen LogP contribution in [-0.2, 0) is 18.0 Å². The Balaban J connectivity index is 1.92. The van der Waals surface area contributed by atoms with Gasteiger partial charge >= 0.3 is 6.18 Å². The second-order valence-electron chi connectivity index (χ2n) is 6.84. The van der Waals surface area contributed by atoms with Gasteiger partial charge in [0.05, 0.1) is 30.1 Å². The van der Waals surface area contributed by atoms with Gasteiger partial charge in [-0.2, -0.15) is 18.4 Å². The maximum atomic E-state index is 13.4. The number of aromatic nitrogens is 2. The van der Waals surface area contributed by atoms with Crippen LogP contribution >= 0.6 is 0 Å². The number of nitrogens with zero attached hydrogens (tertiary/aromatic N) is 5. The molecule has 30 heavy (non-hydrogen) atoms. The number of carbonyl (C=O) groups excluding carboxylic acids is 2. The van der Waals surface area contributed by atoms with E-state index in [1.54, 1.807) is 17.8 Å². The first-order valence-corrected chi connectivity index (χ1v) is 9.02. The number of halogens is 3. The number of alkyl halides is 3. The Morgan fingerprint density at radius 3 is 2.60 bits per heavy atom. The van der Waals surface area contributed by atoms with Gasteiger partial charge in [-0.3, -0.25) is 9.59 Å². The fourth-order valence-corrected chi connectivity index (χ4v) is 3.40. The zero-order valence-corrected chi connectivity index (χ0v) is 16.3. The van der Waals surface area contributed by atoms with Gasteiger partial charge in [0.15, 0.2) is 0 Å². The topological polar surface area (TPSA) is 94.3 Å². The van der Waals surface area contributed by atoms with Gasteiger partial charge < -0.3 is 19.7 Å². The Morgan fingerprint density at radius 1 is 1.30 bits per heavy atom. The lowest BCUT2D eigenvalue weighted by Gasteiger charge is -2.41. The summed E-state index contributed by atoms with van der Waals surface area (Å²) in [6.45, 7) is 0.320. The Hall–Kier alpha value is -3.55. The van der Waals surface area contributed by atoms with Crippen molar-refractivity contribution < 1.29 is 22.8 Å². The molecule has 1 aliphatic rings. The van der Waals surface area contributed by atoms with E-state index < -0.39 is 29.3 Å². The monoisotopic (exact) mass is 420 g/mol. The number of amides is 2. The van der Waals surface area contributed by atoms with E-state index in [4.69, 9.17) is 5.26 Å². The molecule has 11 heteroatoms. The third kappa shape index (κ3) is 4.07. The second kappa shape index (κ2) is 8.06. The van der Waals surface area contributed by atoms with Crippen molar-refractivity contribution in [2.75, 3.05) is 31.6 Å². The number of nitrogens with one attached hydrogen (secondary N) is 1. The van der Waals surface area contributed by atoms with Crippen molar-refractivity contribution in [3.63, 3.8) is 0 Å². The van der Waals surface area contributed by atoms with Crippen molar-refractivity contribution in [1.82, 2.24) is 19.8 Å². The third-order valence-corrected chi connectivity index (χ3v) is 4.90. The van der Waals surface area contributed by atoms with E-state index in [0.29, 0.717) is 0 Å². The summed E-state index contributed by atoms with van der Waals surface area (Å²) in [5, 5.41) is 11.5. The first kappa shape index (κ1) is 21.2. The maximum Gasteiger partial charge on any atom is 0.417 e. The van der Waals surface area contributed by atoms with E-state index in [2.05, 4.69) is 10.3 Å². The number of hydrogen-bond acceptors (Lipinski definition) is 5. The molecule has 2 aromatic rings. The Labute approximate surface area is 170 Å². The lowest BCUT2D eigenvalue weighted by Crippen LogP contribution is -2.60.